The zero-order valence-corrected chi connectivity index (χ0v) is 21.5. The summed E-state index contributed by atoms with van der Waals surface area (Å²) in [5.41, 5.74) is 1.81. The Morgan fingerprint density at radius 2 is 1.42 bits per heavy atom. The molecule has 2 aromatic rings. The maximum Gasteiger partial charge on any atom is 0.309 e. The van der Waals surface area contributed by atoms with Crippen LogP contribution in [0.5, 0.6) is 23.0 Å². The second kappa shape index (κ2) is 12.2. The standard InChI is InChI=1S/C27H34O11/c1-33-18-6-4-15(11-20(18)34-2)9-17-16(13-36-26(17)32)8-14-5-7-19(21(10-14)35-3)37-27-25(31)24(30)23(29)22(12-28)38-27/h4-7,10-11,16-17,22-25,27-31H,8-9,12-13H2,1-3H3/t16-,17-,22-,23+,24+,25+,27+/m0/s1. The minimum Gasteiger partial charge on any atom is -0.493 e. The minimum absolute atomic E-state index is 0.0717. The van der Waals surface area contributed by atoms with Gasteiger partial charge >= 0.3 is 5.97 Å². The highest BCUT2D eigenvalue weighted by Crippen LogP contribution is 2.36. The molecule has 0 spiro atoms. The first-order valence-electron chi connectivity index (χ1n) is 12.3. The number of esters is 1. The van der Waals surface area contributed by atoms with Crippen molar-refractivity contribution in [3.63, 3.8) is 0 Å². The third-order valence-electron chi connectivity index (χ3n) is 7.03. The Morgan fingerprint density at radius 1 is 0.816 bits per heavy atom. The van der Waals surface area contributed by atoms with Crippen LogP contribution in [0.2, 0.25) is 0 Å². The molecule has 0 unspecified atom stereocenters. The third-order valence-corrected chi connectivity index (χ3v) is 7.03. The van der Waals surface area contributed by atoms with E-state index in [2.05, 4.69) is 0 Å². The third kappa shape index (κ3) is 5.82. The van der Waals surface area contributed by atoms with Crippen LogP contribution in [0.15, 0.2) is 36.4 Å². The van der Waals surface area contributed by atoms with Crippen molar-refractivity contribution in [1.29, 1.82) is 0 Å². The Morgan fingerprint density at radius 3 is 2.05 bits per heavy atom. The fraction of sp³-hybridized carbons (Fsp3) is 0.519. The van der Waals surface area contributed by atoms with Gasteiger partial charge in [-0.15, -0.1) is 0 Å². The average molecular weight is 535 g/mol. The van der Waals surface area contributed by atoms with Crippen LogP contribution in [-0.4, -0.2) is 91.6 Å². The largest absolute Gasteiger partial charge is 0.493 e. The van der Waals surface area contributed by atoms with Gasteiger partial charge in [-0.3, -0.25) is 4.79 Å². The lowest BCUT2D eigenvalue weighted by molar-refractivity contribution is -0.277. The molecule has 0 saturated carbocycles. The molecular formula is C27H34O11. The van der Waals surface area contributed by atoms with E-state index in [4.69, 9.17) is 28.4 Å². The molecule has 0 aliphatic carbocycles. The van der Waals surface area contributed by atoms with Crippen molar-refractivity contribution in [2.45, 2.75) is 43.5 Å². The molecule has 2 saturated heterocycles. The Labute approximate surface area is 220 Å². The summed E-state index contributed by atoms with van der Waals surface area (Å²) in [6.45, 7) is -0.268. The van der Waals surface area contributed by atoms with E-state index in [0.29, 0.717) is 36.7 Å². The lowest BCUT2D eigenvalue weighted by Crippen LogP contribution is -2.60. The summed E-state index contributed by atoms with van der Waals surface area (Å²) in [5, 5.41) is 39.7. The van der Waals surface area contributed by atoms with Gasteiger partial charge in [0.1, 0.15) is 24.4 Å². The monoisotopic (exact) mass is 534 g/mol. The van der Waals surface area contributed by atoms with Crippen LogP contribution in [0.4, 0.5) is 0 Å². The number of carbonyl (C=O) groups is 1. The van der Waals surface area contributed by atoms with Crippen molar-refractivity contribution < 1.29 is 53.6 Å². The van der Waals surface area contributed by atoms with E-state index in [1.54, 1.807) is 32.4 Å². The smallest absolute Gasteiger partial charge is 0.309 e. The molecule has 4 rings (SSSR count). The SMILES string of the molecule is COc1ccc(C[C@@H]2C(=O)OC[C@@H]2Cc2ccc(O[C@@H]3O[C@@H](CO)[C@@H](O)[C@@H](O)[C@H]3O)c(OC)c2)cc1OC. The summed E-state index contributed by atoms with van der Waals surface area (Å²) in [5.74, 6) is 1.12. The van der Waals surface area contributed by atoms with Gasteiger partial charge in [0.05, 0.1) is 40.5 Å². The van der Waals surface area contributed by atoms with Crippen molar-refractivity contribution in [2.75, 3.05) is 34.5 Å². The van der Waals surface area contributed by atoms with E-state index in [1.807, 2.05) is 18.2 Å². The van der Waals surface area contributed by atoms with E-state index in [9.17, 15) is 25.2 Å². The molecule has 0 bridgehead atoms. The molecule has 2 aromatic carbocycles. The highest BCUT2D eigenvalue weighted by Gasteiger charge is 2.45. The summed E-state index contributed by atoms with van der Waals surface area (Å²) < 4.78 is 32.7. The zero-order valence-electron chi connectivity index (χ0n) is 21.5. The Kier molecular flexibility index (Phi) is 8.95. The molecule has 0 aromatic heterocycles. The van der Waals surface area contributed by atoms with E-state index in [1.165, 1.54) is 7.11 Å². The van der Waals surface area contributed by atoms with Crippen LogP contribution in [0.1, 0.15) is 11.1 Å². The van der Waals surface area contributed by atoms with E-state index < -0.39 is 37.3 Å². The van der Waals surface area contributed by atoms with E-state index >= 15 is 0 Å². The molecule has 208 valence electrons. The van der Waals surface area contributed by atoms with E-state index in [0.717, 1.165) is 11.1 Å². The Balaban J connectivity index is 1.47. The molecule has 2 fully saturated rings. The Bertz CT molecular complexity index is 1100. The van der Waals surface area contributed by atoms with Crippen LogP contribution in [-0.2, 0) is 27.1 Å². The van der Waals surface area contributed by atoms with Gasteiger partial charge in [-0.2, -0.15) is 0 Å². The van der Waals surface area contributed by atoms with Crippen LogP contribution in [0.3, 0.4) is 0 Å². The van der Waals surface area contributed by atoms with Crippen molar-refractivity contribution in [3.8, 4) is 23.0 Å². The van der Waals surface area contributed by atoms with E-state index in [-0.39, 0.29) is 23.6 Å². The first-order chi connectivity index (χ1) is 18.3. The number of benzene rings is 2. The number of ether oxygens (including phenoxy) is 6. The molecule has 38 heavy (non-hydrogen) atoms. The predicted octanol–water partition coefficient (Wildman–Crippen LogP) is 0.466. The molecular weight excluding hydrogens is 500 g/mol. The fourth-order valence-electron chi connectivity index (χ4n) is 4.85. The number of aliphatic hydroxyl groups excluding tert-OH is 4. The maximum atomic E-state index is 12.6. The molecule has 2 aliphatic rings. The van der Waals surface area contributed by atoms with Gasteiger partial charge in [-0.25, -0.2) is 0 Å². The number of cyclic esters (lactones) is 1. The molecule has 4 N–H and O–H groups in total. The average Bonchev–Trinajstić information content (AvgIpc) is 3.27. The molecule has 11 nitrogen and oxygen atoms in total. The Hall–Kier alpha value is -3.09. The van der Waals surface area contributed by atoms with Crippen LogP contribution in [0, 0.1) is 11.8 Å². The number of rotatable bonds is 10. The topological polar surface area (TPSA) is 153 Å². The van der Waals surface area contributed by atoms with Crippen LogP contribution >= 0.6 is 0 Å². The highest BCUT2D eigenvalue weighted by atomic mass is 16.7. The van der Waals surface area contributed by atoms with Crippen LogP contribution in [0.25, 0.3) is 0 Å². The van der Waals surface area contributed by atoms with Gasteiger partial charge < -0.3 is 48.8 Å². The molecule has 0 radical (unpaired) electrons. The molecule has 7 atom stereocenters. The summed E-state index contributed by atoms with van der Waals surface area (Å²) >= 11 is 0. The molecule has 11 heteroatoms. The maximum absolute atomic E-state index is 12.6. The number of methoxy groups -OCH3 is 3. The van der Waals surface area contributed by atoms with Gasteiger partial charge in [0.2, 0.25) is 6.29 Å². The fourth-order valence-corrected chi connectivity index (χ4v) is 4.85. The summed E-state index contributed by atoms with van der Waals surface area (Å²) in [6, 6.07) is 10.8. The van der Waals surface area contributed by atoms with Gasteiger partial charge in [0.25, 0.3) is 0 Å². The molecule has 0 amide bonds. The summed E-state index contributed by atoms with van der Waals surface area (Å²) in [6.07, 6.45) is -5.99. The van der Waals surface area contributed by atoms with Crippen LogP contribution < -0.4 is 18.9 Å². The summed E-state index contributed by atoms with van der Waals surface area (Å²) in [4.78, 5) is 12.6. The summed E-state index contributed by atoms with van der Waals surface area (Å²) in [7, 11) is 4.59. The lowest BCUT2D eigenvalue weighted by Gasteiger charge is -2.39. The first-order valence-corrected chi connectivity index (χ1v) is 12.3. The van der Waals surface area contributed by atoms with Gasteiger partial charge in [0.15, 0.2) is 23.0 Å². The second-order valence-electron chi connectivity index (χ2n) is 9.39. The van der Waals surface area contributed by atoms with Crippen molar-refractivity contribution in [2.24, 2.45) is 11.8 Å². The van der Waals surface area contributed by atoms with Gasteiger partial charge in [-0.1, -0.05) is 12.1 Å². The quantitative estimate of drug-likeness (QED) is 0.315. The minimum atomic E-state index is -1.56. The molecule has 2 heterocycles. The highest BCUT2D eigenvalue weighted by molar-refractivity contribution is 5.75. The van der Waals surface area contributed by atoms with Crippen molar-refractivity contribution in [3.05, 3.63) is 47.5 Å². The molecule has 2 aliphatic heterocycles. The van der Waals surface area contributed by atoms with Gasteiger partial charge in [0, 0.05) is 5.92 Å². The number of aliphatic hydroxyl groups is 4. The first kappa shape index (κ1) is 27.9. The normalized spacial score (nSPS) is 29.0. The second-order valence-corrected chi connectivity index (χ2v) is 9.39. The van der Waals surface area contributed by atoms with Crippen molar-refractivity contribution in [1.82, 2.24) is 0 Å². The number of hydrogen-bond acceptors (Lipinski definition) is 11. The number of carbonyl (C=O) groups excluding carboxylic acids is 1. The lowest BCUT2D eigenvalue weighted by atomic mass is 9.85. The number of hydrogen-bond donors (Lipinski definition) is 4. The van der Waals surface area contributed by atoms with Gasteiger partial charge in [-0.05, 0) is 48.2 Å². The van der Waals surface area contributed by atoms with Crippen molar-refractivity contribution >= 4 is 5.97 Å². The predicted molar refractivity (Wildman–Crippen MR) is 132 cm³/mol. The zero-order chi connectivity index (χ0) is 27.4.